The van der Waals surface area contributed by atoms with Crippen LogP contribution in [0.5, 0.6) is 5.75 Å². The Morgan fingerprint density at radius 2 is 2.05 bits per heavy atom. The molecule has 0 bridgehead atoms. The molecule has 5 nitrogen and oxygen atoms in total. The normalized spacial score (nSPS) is 16.8. The highest BCUT2D eigenvalue weighted by atomic mass is 16.5. The second-order valence-corrected chi connectivity index (χ2v) is 5.85. The van der Waals surface area contributed by atoms with Gasteiger partial charge >= 0.3 is 0 Å². The zero-order chi connectivity index (χ0) is 15.9. The van der Waals surface area contributed by atoms with Crippen molar-refractivity contribution in [1.29, 1.82) is 0 Å². The van der Waals surface area contributed by atoms with Gasteiger partial charge in [0.15, 0.2) is 0 Å². The molecule has 22 heavy (non-hydrogen) atoms. The number of nitrogens with two attached hydrogens (primary N) is 1. The number of primary amides is 1. The number of benzene rings is 1. The van der Waals surface area contributed by atoms with Crippen LogP contribution in [0.15, 0.2) is 24.3 Å². The molecule has 0 spiro atoms. The summed E-state index contributed by atoms with van der Waals surface area (Å²) < 4.78 is 5.17. The summed E-state index contributed by atoms with van der Waals surface area (Å²) in [5, 5.41) is 2.82. The van der Waals surface area contributed by atoms with Gasteiger partial charge in [-0.05, 0) is 30.5 Å². The van der Waals surface area contributed by atoms with Crippen molar-refractivity contribution < 1.29 is 14.3 Å². The monoisotopic (exact) mass is 304 g/mol. The number of carbonyl (C=O) groups is 2. The van der Waals surface area contributed by atoms with Crippen molar-refractivity contribution in [3.8, 4) is 5.75 Å². The van der Waals surface area contributed by atoms with Crippen molar-refractivity contribution in [3.05, 3.63) is 29.8 Å². The summed E-state index contributed by atoms with van der Waals surface area (Å²) >= 11 is 0. The fourth-order valence-electron chi connectivity index (χ4n) is 2.91. The number of hydrogen-bond donors (Lipinski definition) is 2. The van der Waals surface area contributed by atoms with E-state index in [1.165, 1.54) is 6.42 Å². The molecule has 2 rings (SSSR count). The Balaban J connectivity index is 1.99. The summed E-state index contributed by atoms with van der Waals surface area (Å²) in [6, 6.07) is 6.76. The smallest absolute Gasteiger partial charge is 0.240 e. The van der Waals surface area contributed by atoms with Crippen molar-refractivity contribution in [2.24, 2.45) is 11.7 Å². The van der Waals surface area contributed by atoms with Crippen molar-refractivity contribution in [2.75, 3.05) is 7.11 Å². The van der Waals surface area contributed by atoms with Gasteiger partial charge in [-0.3, -0.25) is 9.59 Å². The third kappa shape index (κ3) is 4.48. The van der Waals surface area contributed by atoms with Crippen molar-refractivity contribution in [2.45, 2.75) is 44.6 Å². The molecule has 0 aromatic heterocycles. The van der Waals surface area contributed by atoms with Gasteiger partial charge in [-0.25, -0.2) is 0 Å². The van der Waals surface area contributed by atoms with E-state index in [1.807, 2.05) is 24.3 Å². The molecule has 0 unspecified atom stereocenters. The van der Waals surface area contributed by atoms with Crippen LogP contribution in [0.3, 0.4) is 0 Å². The summed E-state index contributed by atoms with van der Waals surface area (Å²) in [4.78, 5) is 23.9. The fourth-order valence-corrected chi connectivity index (χ4v) is 2.91. The van der Waals surface area contributed by atoms with Crippen molar-refractivity contribution in [1.82, 2.24) is 5.32 Å². The quantitative estimate of drug-likeness (QED) is 0.840. The lowest BCUT2D eigenvalue weighted by atomic mass is 9.88. The van der Waals surface area contributed by atoms with Gasteiger partial charge < -0.3 is 15.8 Å². The molecule has 1 atom stereocenters. The average molecular weight is 304 g/mol. The SMILES string of the molecule is COc1cccc(C[C@@H](NC(=O)C2CCCCC2)C(N)=O)c1. The van der Waals surface area contributed by atoms with Crippen molar-refractivity contribution in [3.63, 3.8) is 0 Å². The molecule has 0 saturated heterocycles. The Morgan fingerprint density at radius 3 is 2.68 bits per heavy atom. The van der Waals surface area contributed by atoms with Crippen LogP contribution in [-0.4, -0.2) is 25.0 Å². The summed E-state index contributed by atoms with van der Waals surface area (Å²) in [7, 11) is 1.59. The molecule has 1 fully saturated rings. The maximum absolute atomic E-state index is 12.3. The molecular weight excluding hydrogens is 280 g/mol. The van der Waals surface area contributed by atoms with E-state index in [0.717, 1.165) is 37.0 Å². The van der Waals surface area contributed by atoms with Crippen LogP contribution in [0.4, 0.5) is 0 Å². The van der Waals surface area contributed by atoms with Gasteiger partial charge in [0.2, 0.25) is 11.8 Å². The highest BCUT2D eigenvalue weighted by Gasteiger charge is 2.25. The van der Waals surface area contributed by atoms with Crippen molar-refractivity contribution >= 4 is 11.8 Å². The Labute approximate surface area is 131 Å². The number of nitrogens with one attached hydrogen (secondary N) is 1. The molecule has 0 aliphatic heterocycles. The molecule has 1 aromatic carbocycles. The predicted octanol–water partition coefficient (Wildman–Crippen LogP) is 1.79. The van der Waals surface area contributed by atoms with E-state index in [0.29, 0.717) is 6.42 Å². The molecule has 0 radical (unpaired) electrons. The van der Waals surface area contributed by atoms with Gasteiger partial charge in [-0.2, -0.15) is 0 Å². The van der Waals surface area contributed by atoms with Gasteiger partial charge in [0.1, 0.15) is 11.8 Å². The first-order chi connectivity index (χ1) is 10.6. The lowest BCUT2D eigenvalue weighted by Gasteiger charge is -2.23. The molecule has 2 amide bonds. The predicted molar refractivity (Wildman–Crippen MR) is 84.4 cm³/mol. The number of hydrogen-bond acceptors (Lipinski definition) is 3. The van der Waals surface area contributed by atoms with Crippen LogP contribution in [0, 0.1) is 5.92 Å². The summed E-state index contributed by atoms with van der Waals surface area (Å²) in [5.41, 5.74) is 6.36. The summed E-state index contributed by atoms with van der Waals surface area (Å²) in [6.45, 7) is 0. The molecule has 0 heterocycles. The van der Waals surface area contributed by atoms with E-state index in [-0.39, 0.29) is 11.8 Å². The Morgan fingerprint density at radius 1 is 1.32 bits per heavy atom. The number of amides is 2. The van der Waals surface area contributed by atoms with E-state index < -0.39 is 11.9 Å². The zero-order valence-corrected chi connectivity index (χ0v) is 13.0. The minimum absolute atomic E-state index is 0.0147. The van der Waals surface area contributed by atoms with E-state index in [2.05, 4.69) is 5.32 Å². The lowest BCUT2D eigenvalue weighted by molar-refractivity contribution is -0.130. The van der Waals surface area contributed by atoms with Crippen LogP contribution in [0.2, 0.25) is 0 Å². The number of ether oxygens (including phenoxy) is 1. The van der Waals surface area contributed by atoms with E-state index in [4.69, 9.17) is 10.5 Å². The second-order valence-electron chi connectivity index (χ2n) is 5.85. The molecule has 1 aromatic rings. The average Bonchev–Trinajstić information content (AvgIpc) is 2.55. The minimum Gasteiger partial charge on any atom is -0.497 e. The first kappa shape index (κ1) is 16.3. The topological polar surface area (TPSA) is 81.4 Å². The minimum atomic E-state index is -0.679. The van der Waals surface area contributed by atoms with E-state index in [9.17, 15) is 9.59 Å². The van der Waals surface area contributed by atoms with Gasteiger partial charge in [-0.15, -0.1) is 0 Å². The number of carbonyl (C=O) groups excluding carboxylic acids is 2. The highest BCUT2D eigenvalue weighted by molar-refractivity contribution is 5.87. The molecule has 120 valence electrons. The first-order valence-corrected chi connectivity index (χ1v) is 7.82. The lowest BCUT2D eigenvalue weighted by Crippen LogP contribution is -2.48. The molecule has 1 aliphatic carbocycles. The summed E-state index contributed by atoms with van der Waals surface area (Å²) in [5.74, 6) is 0.179. The Kier molecular flexibility index (Phi) is 5.81. The highest BCUT2D eigenvalue weighted by Crippen LogP contribution is 2.24. The number of rotatable bonds is 6. The third-order valence-electron chi connectivity index (χ3n) is 4.21. The first-order valence-electron chi connectivity index (χ1n) is 7.82. The van der Waals surface area contributed by atoms with E-state index >= 15 is 0 Å². The maximum atomic E-state index is 12.3. The van der Waals surface area contributed by atoms with Crippen LogP contribution >= 0.6 is 0 Å². The van der Waals surface area contributed by atoms with Crippen LogP contribution in [0.25, 0.3) is 0 Å². The second kappa shape index (κ2) is 7.82. The van der Waals surface area contributed by atoms with Gasteiger partial charge in [0.05, 0.1) is 7.11 Å². The molecular formula is C17H24N2O3. The van der Waals surface area contributed by atoms with Gasteiger partial charge in [-0.1, -0.05) is 31.4 Å². The van der Waals surface area contributed by atoms with Gasteiger partial charge in [0.25, 0.3) is 0 Å². The van der Waals surface area contributed by atoms with Crippen LogP contribution < -0.4 is 15.8 Å². The molecule has 3 N–H and O–H groups in total. The van der Waals surface area contributed by atoms with Crippen LogP contribution in [-0.2, 0) is 16.0 Å². The largest absolute Gasteiger partial charge is 0.497 e. The fraction of sp³-hybridized carbons (Fsp3) is 0.529. The standard InChI is InChI=1S/C17H24N2O3/c1-22-14-9-5-6-12(10-14)11-15(16(18)20)19-17(21)13-7-3-2-4-8-13/h5-6,9-10,13,15H,2-4,7-8,11H2,1H3,(H2,18,20)(H,19,21)/t15-/m1/s1. The Bertz CT molecular complexity index is 524. The van der Waals surface area contributed by atoms with E-state index in [1.54, 1.807) is 7.11 Å². The zero-order valence-electron chi connectivity index (χ0n) is 13.0. The maximum Gasteiger partial charge on any atom is 0.240 e. The van der Waals surface area contributed by atoms with Gasteiger partial charge in [0, 0.05) is 12.3 Å². The molecule has 1 saturated carbocycles. The Hall–Kier alpha value is -2.04. The number of methoxy groups -OCH3 is 1. The molecule has 1 aliphatic rings. The molecule has 5 heteroatoms. The third-order valence-corrected chi connectivity index (χ3v) is 4.21. The van der Waals surface area contributed by atoms with Crippen LogP contribution in [0.1, 0.15) is 37.7 Å². The summed E-state index contributed by atoms with van der Waals surface area (Å²) in [6.07, 6.45) is 5.52.